The van der Waals surface area contributed by atoms with Crippen molar-refractivity contribution in [2.45, 2.75) is 37.6 Å². The summed E-state index contributed by atoms with van der Waals surface area (Å²) in [5.41, 5.74) is 5.74. The zero-order valence-corrected chi connectivity index (χ0v) is 10.3. The molecule has 1 aliphatic carbocycles. The smallest absolute Gasteiger partial charge is 0.249 e. The number of amides is 2. The van der Waals surface area contributed by atoms with Gasteiger partial charge in [-0.1, -0.05) is 0 Å². The highest BCUT2D eigenvalue weighted by Gasteiger charge is 2.29. The second kappa shape index (κ2) is 4.49. The maximum absolute atomic E-state index is 11.7. The number of hydrogen-bond donors (Lipinski definition) is 3. The van der Waals surface area contributed by atoms with Crippen molar-refractivity contribution < 1.29 is 9.59 Å². The van der Waals surface area contributed by atoms with Crippen molar-refractivity contribution in [3.8, 4) is 0 Å². The van der Waals surface area contributed by atoms with Gasteiger partial charge in [0.2, 0.25) is 11.8 Å². The number of nitrogens with one attached hydrogen (secondary N) is 2. The van der Waals surface area contributed by atoms with Gasteiger partial charge in [0.15, 0.2) is 0 Å². The average molecular weight is 261 g/mol. The molecule has 2 fully saturated rings. The maximum Gasteiger partial charge on any atom is 0.249 e. The summed E-state index contributed by atoms with van der Waals surface area (Å²) in [4.78, 5) is 31.3. The van der Waals surface area contributed by atoms with Crippen LogP contribution in [0.2, 0.25) is 0 Å². The van der Waals surface area contributed by atoms with Crippen LogP contribution in [0.1, 0.15) is 37.4 Å². The second-order valence-electron chi connectivity index (χ2n) is 4.96. The van der Waals surface area contributed by atoms with Crippen molar-refractivity contribution in [1.82, 2.24) is 15.3 Å². The Hall–Kier alpha value is -2.18. The lowest BCUT2D eigenvalue weighted by atomic mass is 10.1. The van der Waals surface area contributed by atoms with Crippen LogP contribution in [-0.2, 0) is 9.59 Å². The minimum Gasteiger partial charge on any atom is -0.384 e. The quantitative estimate of drug-likeness (QED) is 0.668. The van der Waals surface area contributed by atoms with E-state index in [4.69, 9.17) is 5.73 Å². The first-order valence-corrected chi connectivity index (χ1v) is 6.36. The fourth-order valence-corrected chi connectivity index (χ4v) is 2.09. The summed E-state index contributed by atoms with van der Waals surface area (Å²) in [5.74, 6) is 1.52. The van der Waals surface area contributed by atoms with Gasteiger partial charge in [0.25, 0.3) is 0 Å². The minimum absolute atomic E-state index is 0.232. The number of aromatic nitrogens is 2. The van der Waals surface area contributed by atoms with Gasteiger partial charge < -0.3 is 11.1 Å². The van der Waals surface area contributed by atoms with E-state index in [1.54, 1.807) is 6.07 Å². The number of nitrogen functional groups attached to an aromatic ring is 1. The molecule has 1 aromatic rings. The van der Waals surface area contributed by atoms with E-state index >= 15 is 0 Å². The molecule has 1 aromatic heterocycles. The first kappa shape index (κ1) is 11.9. The van der Waals surface area contributed by atoms with Gasteiger partial charge in [-0.2, -0.15) is 0 Å². The van der Waals surface area contributed by atoms with Crippen molar-refractivity contribution in [2.75, 3.05) is 11.1 Å². The zero-order chi connectivity index (χ0) is 13.4. The molecule has 19 heavy (non-hydrogen) atoms. The lowest BCUT2D eigenvalue weighted by Gasteiger charge is -2.22. The molecule has 4 N–H and O–H groups in total. The summed E-state index contributed by atoms with van der Waals surface area (Å²) < 4.78 is 0. The molecule has 0 radical (unpaired) electrons. The van der Waals surface area contributed by atoms with Crippen LogP contribution in [0.15, 0.2) is 6.07 Å². The third-order valence-corrected chi connectivity index (χ3v) is 3.27. The molecule has 1 aliphatic heterocycles. The zero-order valence-electron chi connectivity index (χ0n) is 10.3. The second-order valence-corrected chi connectivity index (χ2v) is 4.96. The van der Waals surface area contributed by atoms with Crippen LogP contribution in [0.4, 0.5) is 11.6 Å². The van der Waals surface area contributed by atoms with Crippen LogP contribution >= 0.6 is 0 Å². The molecule has 0 aromatic carbocycles. The van der Waals surface area contributed by atoms with Gasteiger partial charge in [0.1, 0.15) is 23.5 Å². The Bertz CT molecular complexity index is 541. The van der Waals surface area contributed by atoms with Crippen LogP contribution in [-0.4, -0.2) is 27.8 Å². The van der Waals surface area contributed by atoms with E-state index in [0.717, 1.165) is 18.7 Å². The highest BCUT2D eigenvalue weighted by Crippen LogP contribution is 2.38. The van der Waals surface area contributed by atoms with Crippen molar-refractivity contribution in [1.29, 1.82) is 0 Å². The molecule has 0 spiro atoms. The van der Waals surface area contributed by atoms with E-state index in [1.165, 1.54) is 0 Å². The molecule has 7 heteroatoms. The molecule has 3 rings (SSSR count). The standard InChI is InChI=1S/C12H15N5O2/c13-8-5-9(16-11(15-8)6-1-2-6)14-7-3-4-10(18)17-12(7)19/h5-7H,1-4H2,(H,17,18,19)(H3,13,14,15,16). The summed E-state index contributed by atoms with van der Waals surface area (Å²) in [5, 5.41) is 5.32. The molecule has 2 amide bonds. The minimum atomic E-state index is -0.445. The fraction of sp³-hybridized carbons (Fsp3) is 0.500. The number of carbonyl (C=O) groups is 2. The van der Waals surface area contributed by atoms with Crippen LogP contribution in [0.3, 0.4) is 0 Å². The third kappa shape index (κ3) is 2.64. The van der Waals surface area contributed by atoms with Crippen LogP contribution in [0.25, 0.3) is 0 Å². The Morgan fingerprint density at radius 1 is 1.26 bits per heavy atom. The Balaban J connectivity index is 1.75. The molecule has 1 saturated carbocycles. The molecular weight excluding hydrogens is 246 g/mol. The Labute approximate surface area is 110 Å². The number of rotatable bonds is 3. The van der Waals surface area contributed by atoms with Crippen LogP contribution in [0.5, 0.6) is 0 Å². The highest BCUT2D eigenvalue weighted by atomic mass is 16.2. The van der Waals surface area contributed by atoms with E-state index in [0.29, 0.717) is 30.4 Å². The number of anilines is 2. The number of piperidine rings is 1. The van der Waals surface area contributed by atoms with Gasteiger partial charge in [0.05, 0.1) is 0 Å². The number of imide groups is 1. The van der Waals surface area contributed by atoms with Crippen LogP contribution in [0, 0.1) is 0 Å². The van der Waals surface area contributed by atoms with Gasteiger partial charge in [0, 0.05) is 18.4 Å². The molecular formula is C12H15N5O2. The topological polar surface area (TPSA) is 110 Å². The van der Waals surface area contributed by atoms with Gasteiger partial charge in [-0.25, -0.2) is 9.97 Å². The first-order chi connectivity index (χ1) is 9.11. The Morgan fingerprint density at radius 2 is 2.05 bits per heavy atom. The Morgan fingerprint density at radius 3 is 2.74 bits per heavy atom. The fourth-order valence-electron chi connectivity index (χ4n) is 2.09. The Kier molecular flexibility index (Phi) is 2.81. The van der Waals surface area contributed by atoms with E-state index < -0.39 is 6.04 Å². The predicted molar refractivity (Wildman–Crippen MR) is 68.2 cm³/mol. The molecule has 1 unspecified atom stereocenters. The highest BCUT2D eigenvalue weighted by molar-refractivity contribution is 6.01. The van der Waals surface area contributed by atoms with Crippen molar-refractivity contribution in [3.05, 3.63) is 11.9 Å². The van der Waals surface area contributed by atoms with Gasteiger partial charge in [-0.15, -0.1) is 0 Å². The SMILES string of the molecule is Nc1cc(NC2CCC(=O)NC2=O)nc(C2CC2)n1. The molecule has 2 aliphatic rings. The number of nitrogens with two attached hydrogens (primary N) is 1. The monoisotopic (exact) mass is 261 g/mol. The summed E-state index contributed by atoms with van der Waals surface area (Å²) in [6.45, 7) is 0. The number of hydrogen-bond acceptors (Lipinski definition) is 6. The molecule has 1 atom stereocenters. The lowest BCUT2D eigenvalue weighted by molar-refractivity contribution is -0.133. The van der Waals surface area contributed by atoms with Gasteiger partial charge in [-0.05, 0) is 19.3 Å². The van der Waals surface area contributed by atoms with E-state index in [9.17, 15) is 9.59 Å². The summed E-state index contributed by atoms with van der Waals surface area (Å²) in [6.07, 6.45) is 2.97. The van der Waals surface area contributed by atoms with E-state index in [-0.39, 0.29) is 11.8 Å². The largest absolute Gasteiger partial charge is 0.384 e. The summed E-state index contributed by atoms with van der Waals surface area (Å²) in [6, 6.07) is 1.16. The van der Waals surface area contributed by atoms with Crippen molar-refractivity contribution in [3.63, 3.8) is 0 Å². The molecule has 2 heterocycles. The average Bonchev–Trinajstić information content (AvgIpc) is 3.16. The number of nitrogens with zero attached hydrogens (tertiary/aromatic N) is 2. The maximum atomic E-state index is 11.7. The summed E-state index contributed by atoms with van der Waals surface area (Å²) in [7, 11) is 0. The van der Waals surface area contributed by atoms with Gasteiger partial charge in [-0.3, -0.25) is 14.9 Å². The predicted octanol–water partition coefficient (Wildman–Crippen LogP) is 0.153. The van der Waals surface area contributed by atoms with Crippen LogP contribution < -0.4 is 16.4 Å². The van der Waals surface area contributed by atoms with Crippen molar-refractivity contribution in [2.24, 2.45) is 0 Å². The van der Waals surface area contributed by atoms with E-state index in [1.807, 2.05) is 0 Å². The van der Waals surface area contributed by atoms with E-state index in [2.05, 4.69) is 20.6 Å². The molecule has 1 saturated heterocycles. The third-order valence-electron chi connectivity index (χ3n) is 3.27. The summed E-state index contributed by atoms with van der Waals surface area (Å²) >= 11 is 0. The molecule has 100 valence electrons. The number of carbonyl (C=O) groups excluding carboxylic acids is 2. The normalized spacial score (nSPS) is 23.1. The molecule has 0 bridgehead atoms. The first-order valence-electron chi connectivity index (χ1n) is 6.36. The lowest BCUT2D eigenvalue weighted by Crippen LogP contribution is -2.47. The van der Waals surface area contributed by atoms with Crippen molar-refractivity contribution >= 4 is 23.5 Å². The molecule has 7 nitrogen and oxygen atoms in total. The van der Waals surface area contributed by atoms with Gasteiger partial charge >= 0.3 is 0 Å².